The molecule has 2 nitrogen and oxygen atoms in total. The SMILES string of the molecule is CC(C)CNc1cc2c(cn1)[C@@H]2C. The molecular formula is C11H16N2. The standard InChI is InChI=1S/C11H16N2/c1-7(2)5-12-11-4-9-8(3)10(9)6-13-11/h4,6-8H,5H2,1-3H3,(H,12,13)/t8-/m1/s1. The van der Waals surface area contributed by atoms with Crippen LogP contribution in [0, 0.1) is 5.92 Å². The number of anilines is 1. The van der Waals surface area contributed by atoms with Crippen molar-refractivity contribution in [2.24, 2.45) is 5.92 Å². The van der Waals surface area contributed by atoms with E-state index in [1.165, 1.54) is 11.1 Å². The monoisotopic (exact) mass is 176 g/mol. The third-order valence-corrected chi connectivity index (χ3v) is 2.51. The van der Waals surface area contributed by atoms with E-state index in [1.807, 2.05) is 6.20 Å². The first kappa shape index (κ1) is 8.54. The highest BCUT2D eigenvalue weighted by Crippen LogP contribution is 2.42. The number of hydrogen-bond acceptors (Lipinski definition) is 2. The zero-order valence-corrected chi connectivity index (χ0v) is 8.46. The molecule has 1 heterocycles. The van der Waals surface area contributed by atoms with Crippen molar-refractivity contribution in [1.29, 1.82) is 0 Å². The van der Waals surface area contributed by atoms with Gasteiger partial charge in [0.15, 0.2) is 0 Å². The number of nitrogens with zero attached hydrogens (tertiary/aromatic N) is 1. The highest BCUT2D eigenvalue weighted by molar-refractivity contribution is 5.56. The summed E-state index contributed by atoms with van der Waals surface area (Å²) in [6.07, 6.45) is 1.99. The van der Waals surface area contributed by atoms with Gasteiger partial charge in [0.2, 0.25) is 0 Å². The Morgan fingerprint density at radius 1 is 1.46 bits per heavy atom. The molecule has 1 N–H and O–H groups in total. The number of pyridine rings is 1. The minimum absolute atomic E-state index is 0.655. The number of nitrogens with one attached hydrogen (secondary N) is 1. The van der Waals surface area contributed by atoms with Crippen molar-refractivity contribution in [1.82, 2.24) is 4.98 Å². The van der Waals surface area contributed by atoms with Gasteiger partial charge in [-0.05, 0) is 23.1 Å². The molecule has 0 fully saturated rings. The molecule has 0 radical (unpaired) electrons. The largest absolute Gasteiger partial charge is 0.370 e. The number of fused-ring (bicyclic) bond motifs is 1. The highest BCUT2D eigenvalue weighted by Gasteiger charge is 2.28. The van der Waals surface area contributed by atoms with Crippen LogP contribution in [-0.2, 0) is 0 Å². The summed E-state index contributed by atoms with van der Waals surface area (Å²) in [6.45, 7) is 7.62. The Morgan fingerprint density at radius 3 is 2.85 bits per heavy atom. The summed E-state index contributed by atoms with van der Waals surface area (Å²) in [5, 5.41) is 3.33. The maximum absolute atomic E-state index is 4.34. The molecule has 0 amide bonds. The predicted octanol–water partition coefficient (Wildman–Crippen LogP) is 2.61. The molecule has 0 unspecified atom stereocenters. The van der Waals surface area contributed by atoms with E-state index in [0.29, 0.717) is 11.8 Å². The van der Waals surface area contributed by atoms with Gasteiger partial charge in [-0.1, -0.05) is 20.8 Å². The fourth-order valence-electron chi connectivity index (χ4n) is 1.51. The maximum atomic E-state index is 4.34. The summed E-state index contributed by atoms with van der Waals surface area (Å²) in [4.78, 5) is 4.34. The molecule has 70 valence electrons. The highest BCUT2D eigenvalue weighted by atomic mass is 15.0. The lowest BCUT2D eigenvalue weighted by Gasteiger charge is -2.06. The van der Waals surface area contributed by atoms with Gasteiger partial charge >= 0.3 is 0 Å². The van der Waals surface area contributed by atoms with Crippen molar-refractivity contribution in [2.45, 2.75) is 26.7 Å². The normalized spacial score (nSPS) is 18.6. The van der Waals surface area contributed by atoms with Crippen LogP contribution < -0.4 is 5.32 Å². The minimum Gasteiger partial charge on any atom is -0.370 e. The molecule has 0 bridgehead atoms. The van der Waals surface area contributed by atoms with Crippen LogP contribution in [0.3, 0.4) is 0 Å². The third kappa shape index (κ3) is 1.67. The van der Waals surface area contributed by atoms with Gasteiger partial charge in [-0.2, -0.15) is 0 Å². The molecule has 0 saturated carbocycles. The topological polar surface area (TPSA) is 24.9 Å². The number of hydrogen-bond donors (Lipinski definition) is 1. The lowest BCUT2D eigenvalue weighted by Crippen LogP contribution is -2.08. The Kier molecular flexibility index (Phi) is 1.98. The van der Waals surface area contributed by atoms with E-state index in [-0.39, 0.29) is 0 Å². The summed E-state index contributed by atoms with van der Waals surface area (Å²) >= 11 is 0. The van der Waals surface area contributed by atoms with Crippen LogP contribution in [0.1, 0.15) is 37.8 Å². The molecule has 0 aliphatic heterocycles. The Morgan fingerprint density at radius 2 is 2.23 bits per heavy atom. The van der Waals surface area contributed by atoms with E-state index in [4.69, 9.17) is 0 Å². The molecule has 1 aliphatic rings. The zero-order chi connectivity index (χ0) is 9.42. The van der Waals surface area contributed by atoms with Crippen LogP contribution in [0.25, 0.3) is 0 Å². The summed E-state index contributed by atoms with van der Waals surface area (Å²) in [5.74, 6) is 2.35. The maximum Gasteiger partial charge on any atom is 0.126 e. The van der Waals surface area contributed by atoms with Gasteiger partial charge in [-0.15, -0.1) is 0 Å². The van der Waals surface area contributed by atoms with Crippen LogP contribution in [-0.4, -0.2) is 11.5 Å². The summed E-state index contributed by atoms with van der Waals surface area (Å²) in [6, 6.07) is 2.17. The van der Waals surface area contributed by atoms with E-state index in [9.17, 15) is 0 Å². The van der Waals surface area contributed by atoms with Crippen molar-refractivity contribution in [2.75, 3.05) is 11.9 Å². The first-order valence-corrected chi connectivity index (χ1v) is 4.92. The third-order valence-electron chi connectivity index (χ3n) is 2.51. The summed E-state index contributed by atoms with van der Waals surface area (Å²) in [5.41, 5.74) is 2.87. The van der Waals surface area contributed by atoms with Crippen LogP contribution in [0.4, 0.5) is 5.82 Å². The fourth-order valence-corrected chi connectivity index (χ4v) is 1.51. The predicted molar refractivity (Wildman–Crippen MR) is 55.1 cm³/mol. The van der Waals surface area contributed by atoms with Crippen LogP contribution in [0.15, 0.2) is 12.3 Å². The second-order valence-electron chi connectivity index (χ2n) is 4.19. The molecule has 13 heavy (non-hydrogen) atoms. The lowest BCUT2D eigenvalue weighted by molar-refractivity contribution is 0.687. The van der Waals surface area contributed by atoms with Crippen molar-refractivity contribution < 1.29 is 0 Å². The van der Waals surface area contributed by atoms with Gasteiger partial charge in [0.05, 0.1) is 0 Å². The van der Waals surface area contributed by atoms with Gasteiger partial charge in [0, 0.05) is 18.7 Å². The zero-order valence-electron chi connectivity index (χ0n) is 8.46. The second-order valence-corrected chi connectivity index (χ2v) is 4.19. The smallest absolute Gasteiger partial charge is 0.126 e. The van der Waals surface area contributed by atoms with Gasteiger partial charge in [0.1, 0.15) is 5.82 Å². The molecule has 2 heteroatoms. The van der Waals surface area contributed by atoms with Crippen molar-refractivity contribution in [3.05, 3.63) is 23.4 Å². The minimum atomic E-state index is 0.655. The van der Waals surface area contributed by atoms with Gasteiger partial charge < -0.3 is 5.32 Å². The molecule has 1 atom stereocenters. The summed E-state index contributed by atoms with van der Waals surface area (Å²) < 4.78 is 0. The average molecular weight is 176 g/mol. The van der Waals surface area contributed by atoms with E-state index in [2.05, 4.69) is 37.1 Å². The van der Waals surface area contributed by atoms with Gasteiger partial charge in [-0.25, -0.2) is 4.98 Å². The molecule has 0 spiro atoms. The van der Waals surface area contributed by atoms with Crippen LogP contribution >= 0.6 is 0 Å². The average Bonchev–Trinajstić information content (AvgIpc) is 2.74. The molecule has 2 rings (SSSR count). The Labute approximate surface area is 79.4 Å². The first-order chi connectivity index (χ1) is 6.18. The van der Waals surface area contributed by atoms with E-state index < -0.39 is 0 Å². The number of rotatable bonds is 3. The first-order valence-electron chi connectivity index (χ1n) is 4.92. The molecule has 1 aliphatic carbocycles. The molecule has 1 aromatic rings. The van der Waals surface area contributed by atoms with E-state index in [1.54, 1.807) is 0 Å². The van der Waals surface area contributed by atoms with E-state index >= 15 is 0 Å². The van der Waals surface area contributed by atoms with E-state index in [0.717, 1.165) is 12.4 Å². The summed E-state index contributed by atoms with van der Waals surface area (Å²) in [7, 11) is 0. The molecule has 0 aromatic carbocycles. The molecular weight excluding hydrogens is 160 g/mol. The van der Waals surface area contributed by atoms with Crippen LogP contribution in [0.2, 0.25) is 0 Å². The fraction of sp³-hybridized carbons (Fsp3) is 0.545. The van der Waals surface area contributed by atoms with Crippen molar-refractivity contribution in [3.8, 4) is 0 Å². The quantitative estimate of drug-likeness (QED) is 0.765. The second kappa shape index (κ2) is 3.02. The Bertz CT molecular complexity index is 318. The molecule has 1 aromatic heterocycles. The van der Waals surface area contributed by atoms with Crippen molar-refractivity contribution >= 4 is 5.82 Å². The van der Waals surface area contributed by atoms with Crippen molar-refractivity contribution in [3.63, 3.8) is 0 Å². The molecule has 0 saturated heterocycles. The Balaban J connectivity index is 2.00. The lowest BCUT2D eigenvalue weighted by atomic mass is 10.2. The number of aromatic nitrogens is 1. The van der Waals surface area contributed by atoms with Gasteiger partial charge in [0.25, 0.3) is 0 Å². The van der Waals surface area contributed by atoms with Crippen LogP contribution in [0.5, 0.6) is 0 Å². The Hall–Kier alpha value is -1.05. The van der Waals surface area contributed by atoms with Gasteiger partial charge in [-0.3, -0.25) is 0 Å².